The Hall–Kier alpha value is -2.58. The Bertz CT molecular complexity index is 782. The fraction of sp³-hybridized carbons (Fsp3) is 0. The van der Waals surface area contributed by atoms with Gasteiger partial charge >= 0.3 is 0 Å². The molecule has 0 fully saturated rings. The van der Waals surface area contributed by atoms with Crippen molar-refractivity contribution in [1.29, 1.82) is 0 Å². The Morgan fingerprint density at radius 2 is 0.750 bits per heavy atom. The Morgan fingerprint density at radius 3 is 1.00 bits per heavy atom. The number of carbonyl (C=O) groups is 4. The highest BCUT2D eigenvalue weighted by Gasteiger charge is 2.40. The molecule has 2 aromatic rings. The molecular formula is C16H8N2O4S2. The van der Waals surface area contributed by atoms with Crippen LogP contribution in [0.25, 0.3) is 0 Å². The monoisotopic (exact) mass is 356 g/mol. The summed E-state index contributed by atoms with van der Waals surface area (Å²) in [6.45, 7) is 0. The Balaban J connectivity index is 1.53. The van der Waals surface area contributed by atoms with Gasteiger partial charge < -0.3 is 0 Å². The van der Waals surface area contributed by atoms with Gasteiger partial charge in [-0.25, -0.2) is 8.61 Å². The molecule has 118 valence electrons. The number of hydrogen-bond acceptors (Lipinski definition) is 6. The molecule has 2 heterocycles. The van der Waals surface area contributed by atoms with Crippen molar-refractivity contribution in [3.63, 3.8) is 0 Å². The maximum atomic E-state index is 12.3. The minimum atomic E-state index is -0.454. The summed E-state index contributed by atoms with van der Waals surface area (Å²) in [5.41, 5.74) is 1.27. The lowest BCUT2D eigenvalue weighted by molar-refractivity contribution is 0.0757. The number of imide groups is 2. The second kappa shape index (κ2) is 5.50. The molecule has 2 aromatic carbocycles. The molecule has 2 aliphatic heterocycles. The number of fused-ring (bicyclic) bond motifs is 2. The van der Waals surface area contributed by atoms with Crippen molar-refractivity contribution in [2.24, 2.45) is 0 Å². The van der Waals surface area contributed by atoms with E-state index in [-0.39, 0.29) is 0 Å². The van der Waals surface area contributed by atoms with Crippen molar-refractivity contribution in [2.45, 2.75) is 0 Å². The summed E-state index contributed by atoms with van der Waals surface area (Å²) < 4.78 is 1.91. The van der Waals surface area contributed by atoms with Gasteiger partial charge in [0, 0.05) is 0 Å². The number of amides is 4. The van der Waals surface area contributed by atoms with Crippen LogP contribution in [0.5, 0.6) is 0 Å². The predicted octanol–water partition coefficient (Wildman–Crippen LogP) is 2.79. The maximum absolute atomic E-state index is 12.3. The second-order valence-electron chi connectivity index (χ2n) is 5.05. The molecule has 0 atom stereocenters. The molecule has 0 bridgehead atoms. The van der Waals surface area contributed by atoms with E-state index in [9.17, 15) is 19.2 Å². The van der Waals surface area contributed by atoms with Gasteiger partial charge in [0.1, 0.15) is 0 Å². The summed E-state index contributed by atoms with van der Waals surface area (Å²) in [4.78, 5) is 49.1. The third-order valence-corrected chi connectivity index (χ3v) is 5.82. The summed E-state index contributed by atoms with van der Waals surface area (Å²) in [6, 6.07) is 13.0. The van der Waals surface area contributed by atoms with Crippen LogP contribution >= 0.6 is 22.0 Å². The SMILES string of the molecule is O=C1c2ccccc2C(=O)N1SSN1C(=O)c2ccccc2C1=O. The first-order valence-electron chi connectivity index (χ1n) is 6.90. The van der Waals surface area contributed by atoms with E-state index in [1.165, 1.54) is 0 Å². The molecule has 6 nitrogen and oxygen atoms in total. The highest BCUT2D eigenvalue weighted by Crippen LogP contribution is 2.40. The molecule has 8 heteroatoms. The van der Waals surface area contributed by atoms with E-state index in [2.05, 4.69) is 0 Å². The predicted molar refractivity (Wildman–Crippen MR) is 89.1 cm³/mol. The van der Waals surface area contributed by atoms with E-state index in [0.29, 0.717) is 22.3 Å². The van der Waals surface area contributed by atoms with Gasteiger partial charge in [0.05, 0.1) is 44.2 Å². The molecule has 0 aromatic heterocycles. The fourth-order valence-electron chi connectivity index (χ4n) is 2.54. The van der Waals surface area contributed by atoms with E-state index in [0.717, 1.165) is 30.6 Å². The highest BCUT2D eigenvalue weighted by molar-refractivity contribution is 8.75. The molecule has 0 N–H and O–H groups in total. The Morgan fingerprint density at radius 1 is 0.500 bits per heavy atom. The molecule has 2 aliphatic rings. The third-order valence-electron chi connectivity index (χ3n) is 3.70. The second-order valence-corrected chi connectivity index (χ2v) is 6.97. The number of nitrogens with zero attached hydrogens (tertiary/aromatic N) is 2. The first-order chi connectivity index (χ1) is 11.6. The van der Waals surface area contributed by atoms with E-state index in [4.69, 9.17) is 0 Å². The third kappa shape index (κ3) is 2.07. The van der Waals surface area contributed by atoms with Crippen LogP contribution < -0.4 is 0 Å². The van der Waals surface area contributed by atoms with Crippen molar-refractivity contribution in [3.05, 3.63) is 70.8 Å². The fourth-order valence-corrected chi connectivity index (χ4v) is 4.55. The molecule has 4 amide bonds. The maximum Gasteiger partial charge on any atom is 0.272 e. The van der Waals surface area contributed by atoms with Crippen molar-refractivity contribution < 1.29 is 19.2 Å². The van der Waals surface area contributed by atoms with Gasteiger partial charge in [-0.2, -0.15) is 0 Å². The number of hydrogen-bond donors (Lipinski definition) is 0. The molecule has 0 saturated carbocycles. The molecule has 0 unspecified atom stereocenters. The van der Waals surface area contributed by atoms with Crippen LogP contribution in [0.4, 0.5) is 0 Å². The van der Waals surface area contributed by atoms with Gasteiger partial charge in [-0.1, -0.05) is 24.3 Å². The normalized spacial score (nSPS) is 16.0. The van der Waals surface area contributed by atoms with E-state index < -0.39 is 23.6 Å². The van der Waals surface area contributed by atoms with Crippen LogP contribution in [0.3, 0.4) is 0 Å². The van der Waals surface area contributed by atoms with Crippen LogP contribution in [0.2, 0.25) is 0 Å². The average Bonchev–Trinajstić information content (AvgIpc) is 3.00. The summed E-state index contributed by atoms with van der Waals surface area (Å²) in [5.74, 6) is -1.82. The zero-order chi connectivity index (χ0) is 16.8. The Labute approximate surface area is 144 Å². The van der Waals surface area contributed by atoms with Gasteiger partial charge in [-0.05, 0) is 24.3 Å². The molecule has 4 rings (SSSR count). The number of rotatable bonds is 3. The summed E-state index contributed by atoms with van der Waals surface area (Å²) in [6.07, 6.45) is 0. The first-order valence-corrected chi connectivity index (χ1v) is 8.96. The minimum Gasteiger partial charge on any atom is -0.268 e. The zero-order valence-electron chi connectivity index (χ0n) is 12.0. The number of benzene rings is 2. The molecular weight excluding hydrogens is 348 g/mol. The zero-order valence-corrected chi connectivity index (χ0v) is 13.6. The molecule has 0 spiro atoms. The van der Waals surface area contributed by atoms with Crippen molar-refractivity contribution in [2.75, 3.05) is 0 Å². The average molecular weight is 356 g/mol. The lowest BCUT2D eigenvalue weighted by atomic mass is 10.1. The topological polar surface area (TPSA) is 74.8 Å². The van der Waals surface area contributed by atoms with Crippen molar-refractivity contribution >= 4 is 45.6 Å². The van der Waals surface area contributed by atoms with Gasteiger partial charge in [-0.3, -0.25) is 19.2 Å². The van der Waals surface area contributed by atoms with Crippen molar-refractivity contribution in [1.82, 2.24) is 8.61 Å². The highest BCUT2D eigenvalue weighted by atomic mass is 33.1. The van der Waals surface area contributed by atoms with E-state index in [1.54, 1.807) is 48.5 Å². The minimum absolute atomic E-state index is 0.318. The van der Waals surface area contributed by atoms with E-state index >= 15 is 0 Å². The smallest absolute Gasteiger partial charge is 0.268 e. The van der Waals surface area contributed by atoms with Gasteiger partial charge in [0.25, 0.3) is 23.6 Å². The van der Waals surface area contributed by atoms with Crippen molar-refractivity contribution in [3.8, 4) is 0 Å². The number of carbonyl (C=O) groups excluding carboxylic acids is 4. The van der Waals surface area contributed by atoms with E-state index in [1.807, 2.05) is 0 Å². The van der Waals surface area contributed by atoms with Gasteiger partial charge in [0.2, 0.25) is 0 Å². The molecule has 0 saturated heterocycles. The van der Waals surface area contributed by atoms with Crippen LogP contribution in [0.1, 0.15) is 41.4 Å². The van der Waals surface area contributed by atoms with Crippen LogP contribution in [0, 0.1) is 0 Å². The molecule has 24 heavy (non-hydrogen) atoms. The van der Waals surface area contributed by atoms with Crippen LogP contribution in [-0.4, -0.2) is 32.2 Å². The lowest BCUT2D eigenvalue weighted by Crippen LogP contribution is -2.25. The molecule has 0 radical (unpaired) electrons. The van der Waals surface area contributed by atoms with Gasteiger partial charge in [-0.15, -0.1) is 0 Å². The van der Waals surface area contributed by atoms with Crippen LogP contribution in [0.15, 0.2) is 48.5 Å². The summed E-state index contributed by atoms with van der Waals surface area (Å²) in [5, 5.41) is 0. The Kier molecular flexibility index (Phi) is 3.43. The summed E-state index contributed by atoms with van der Waals surface area (Å²) >= 11 is 0. The molecule has 0 aliphatic carbocycles. The quantitative estimate of drug-likeness (QED) is 0.478. The first kappa shape index (κ1) is 15.0. The van der Waals surface area contributed by atoms with Gasteiger partial charge in [0.15, 0.2) is 0 Å². The van der Waals surface area contributed by atoms with Crippen LogP contribution in [-0.2, 0) is 0 Å². The standard InChI is InChI=1S/C16H8N2O4S2/c19-13-9-5-1-2-6-10(9)14(20)17(13)23-24-18-15(21)11-7-3-4-8-12(11)16(18)22/h1-8H. The largest absolute Gasteiger partial charge is 0.272 e. The summed E-state index contributed by atoms with van der Waals surface area (Å²) in [7, 11) is 1.53. The lowest BCUT2D eigenvalue weighted by Gasteiger charge is -2.15.